The normalized spacial score (nSPS) is 18.9. The highest BCUT2D eigenvalue weighted by Crippen LogP contribution is 2.32. The monoisotopic (exact) mass is 341 g/mol. The number of carbonyl (C=O) groups excluding carboxylic acids is 1. The zero-order chi connectivity index (χ0) is 14.5. The van der Waals surface area contributed by atoms with Gasteiger partial charge in [0.1, 0.15) is 0 Å². The zero-order valence-electron chi connectivity index (χ0n) is 11.6. The molecular formula is C15H20BrNO3. The van der Waals surface area contributed by atoms with Crippen LogP contribution < -0.4 is 4.74 Å². The third-order valence-electron chi connectivity index (χ3n) is 3.78. The number of halogens is 1. The molecule has 0 aromatic heterocycles. The number of nitrogens with zero attached hydrogens (tertiary/aromatic N) is 1. The molecule has 1 aliphatic rings. The second kappa shape index (κ2) is 6.97. The fraction of sp³-hybridized carbons (Fsp3) is 0.533. The molecule has 1 saturated heterocycles. The van der Waals surface area contributed by atoms with E-state index in [1.165, 1.54) is 7.11 Å². The summed E-state index contributed by atoms with van der Waals surface area (Å²) in [6.45, 7) is 0.757. The molecule has 1 unspecified atom stereocenters. The summed E-state index contributed by atoms with van der Waals surface area (Å²) in [6.07, 6.45) is 4.15. The molecule has 20 heavy (non-hydrogen) atoms. The van der Waals surface area contributed by atoms with E-state index in [0.717, 1.165) is 37.6 Å². The number of phenolic OH excluding ortho intramolecular Hbond substituents is 1. The van der Waals surface area contributed by atoms with Gasteiger partial charge in [-0.25, -0.2) is 0 Å². The Hall–Kier alpha value is -1.23. The summed E-state index contributed by atoms with van der Waals surface area (Å²) in [4.78, 5) is 14.6. The number of ether oxygens (including phenoxy) is 1. The second-order valence-corrected chi connectivity index (χ2v) is 5.78. The van der Waals surface area contributed by atoms with Crippen LogP contribution in [-0.2, 0) is 0 Å². The molecule has 1 amide bonds. The number of para-hydroxylation sites is 1. The molecule has 4 nitrogen and oxygen atoms in total. The largest absolute Gasteiger partial charge is 0.504 e. The number of carbonyl (C=O) groups is 1. The van der Waals surface area contributed by atoms with Crippen molar-refractivity contribution in [2.45, 2.75) is 31.7 Å². The van der Waals surface area contributed by atoms with E-state index in [-0.39, 0.29) is 17.7 Å². The van der Waals surface area contributed by atoms with Crippen molar-refractivity contribution >= 4 is 21.8 Å². The number of piperidine rings is 1. The summed E-state index contributed by atoms with van der Waals surface area (Å²) < 4.78 is 5.07. The van der Waals surface area contributed by atoms with Crippen LogP contribution in [0.25, 0.3) is 0 Å². The van der Waals surface area contributed by atoms with Gasteiger partial charge < -0.3 is 14.7 Å². The second-order valence-electron chi connectivity index (χ2n) is 4.98. The number of phenols is 1. The van der Waals surface area contributed by atoms with E-state index in [4.69, 9.17) is 4.74 Å². The fourth-order valence-corrected chi connectivity index (χ4v) is 3.24. The van der Waals surface area contributed by atoms with Crippen LogP contribution in [0.2, 0.25) is 0 Å². The van der Waals surface area contributed by atoms with Crippen LogP contribution in [0.3, 0.4) is 0 Å². The summed E-state index contributed by atoms with van der Waals surface area (Å²) in [5, 5.41) is 11.0. The number of hydrogen-bond acceptors (Lipinski definition) is 3. The van der Waals surface area contributed by atoms with E-state index in [9.17, 15) is 9.90 Å². The maximum Gasteiger partial charge on any atom is 0.258 e. The van der Waals surface area contributed by atoms with Gasteiger partial charge in [-0.15, -0.1) is 0 Å². The lowest BCUT2D eigenvalue weighted by atomic mass is 9.98. The molecule has 0 aliphatic carbocycles. The minimum atomic E-state index is -0.105. The van der Waals surface area contributed by atoms with Crippen LogP contribution in [-0.4, -0.2) is 40.9 Å². The predicted octanol–water partition coefficient (Wildman–Crippen LogP) is 3.18. The molecule has 1 atom stereocenters. The number of methoxy groups -OCH3 is 1. The third kappa shape index (κ3) is 3.08. The van der Waals surface area contributed by atoms with Gasteiger partial charge >= 0.3 is 0 Å². The van der Waals surface area contributed by atoms with Crippen LogP contribution >= 0.6 is 15.9 Å². The minimum absolute atomic E-state index is 0.0665. The van der Waals surface area contributed by atoms with Gasteiger partial charge in [0.2, 0.25) is 0 Å². The molecule has 0 bridgehead atoms. The van der Waals surface area contributed by atoms with Gasteiger partial charge in [0, 0.05) is 17.9 Å². The average Bonchev–Trinajstić information content (AvgIpc) is 2.48. The molecule has 1 N–H and O–H groups in total. The number of benzene rings is 1. The van der Waals surface area contributed by atoms with Gasteiger partial charge in [-0.05, 0) is 37.8 Å². The Balaban J connectivity index is 2.25. The summed E-state index contributed by atoms with van der Waals surface area (Å²) in [5.74, 6) is 0.167. The van der Waals surface area contributed by atoms with Crippen molar-refractivity contribution in [1.82, 2.24) is 4.90 Å². The number of aromatic hydroxyl groups is 1. The van der Waals surface area contributed by atoms with Gasteiger partial charge in [0.05, 0.1) is 12.7 Å². The Morgan fingerprint density at radius 3 is 3.00 bits per heavy atom. The van der Waals surface area contributed by atoms with Crippen molar-refractivity contribution in [2.24, 2.45) is 0 Å². The van der Waals surface area contributed by atoms with Crippen molar-refractivity contribution in [3.63, 3.8) is 0 Å². The standard InChI is InChI=1S/C15H20BrNO3/c1-20-13-7-4-6-12(14(13)18)15(19)17-10-3-2-5-11(17)8-9-16/h4,6-7,11,18H,2-3,5,8-10H2,1H3. The zero-order valence-corrected chi connectivity index (χ0v) is 13.2. The van der Waals surface area contributed by atoms with Crippen LogP contribution in [0.1, 0.15) is 36.0 Å². The summed E-state index contributed by atoms with van der Waals surface area (Å²) in [7, 11) is 1.48. The van der Waals surface area contributed by atoms with E-state index < -0.39 is 0 Å². The third-order valence-corrected chi connectivity index (χ3v) is 4.24. The molecule has 1 heterocycles. The molecule has 110 valence electrons. The van der Waals surface area contributed by atoms with Crippen LogP contribution in [0.5, 0.6) is 11.5 Å². The van der Waals surface area contributed by atoms with E-state index in [1.807, 2.05) is 4.90 Å². The maximum atomic E-state index is 12.7. The Kier molecular flexibility index (Phi) is 5.29. The van der Waals surface area contributed by atoms with E-state index in [1.54, 1.807) is 18.2 Å². The molecule has 1 fully saturated rings. The number of rotatable bonds is 4. The van der Waals surface area contributed by atoms with Crippen LogP contribution in [0.4, 0.5) is 0 Å². The first-order chi connectivity index (χ1) is 9.69. The number of likely N-dealkylation sites (tertiary alicyclic amines) is 1. The molecule has 2 rings (SSSR count). The fourth-order valence-electron chi connectivity index (χ4n) is 2.71. The molecular weight excluding hydrogens is 322 g/mol. The number of hydrogen-bond donors (Lipinski definition) is 1. The highest BCUT2D eigenvalue weighted by Gasteiger charge is 2.28. The topological polar surface area (TPSA) is 49.8 Å². The van der Waals surface area contributed by atoms with Gasteiger partial charge in [0.15, 0.2) is 11.5 Å². The van der Waals surface area contributed by atoms with Gasteiger partial charge in [-0.2, -0.15) is 0 Å². The van der Waals surface area contributed by atoms with E-state index in [0.29, 0.717) is 11.3 Å². The average molecular weight is 342 g/mol. The lowest BCUT2D eigenvalue weighted by Gasteiger charge is -2.35. The van der Waals surface area contributed by atoms with Crippen molar-refractivity contribution in [3.8, 4) is 11.5 Å². The Morgan fingerprint density at radius 2 is 2.30 bits per heavy atom. The molecule has 1 aromatic carbocycles. The van der Waals surface area contributed by atoms with E-state index >= 15 is 0 Å². The molecule has 0 radical (unpaired) electrons. The maximum absolute atomic E-state index is 12.7. The van der Waals surface area contributed by atoms with Crippen LogP contribution in [0, 0.1) is 0 Å². The first-order valence-corrected chi connectivity index (χ1v) is 8.04. The highest BCUT2D eigenvalue weighted by molar-refractivity contribution is 9.09. The van der Waals surface area contributed by atoms with Gasteiger partial charge in [0.25, 0.3) is 5.91 Å². The molecule has 1 aromatic rings. The first kappa shape index (κ1) is 15.2. The van der Waals surface area contributed by atoms with Gasteiger partial charge in [-0.3, -0.25) is 4.79 Å². The quantitative estimate of drug-likeness (QED) is 0.855. The molecule has 5 heteroatoms. The molecule has 0 spiro atoms. The summed E-state index contributed by atoms with van der Waals surface area (Å²) >= 11 is 3.45. The Morgan fingerprint density at radius 1 is 1.50 bits per heavy atom. The number of amides is 1. The van der Waals surface area contributed by atoms with Crippen molar-refractivity contribution in [2.75, 3.05) is 19.0 Å². The van der Waals surface area contributed by atoms with Crippen molar-refractivity contribution < 1.29 is 14.6 Å². The first-order valence-electron chi connectivity index (χ1n) is 6.92. The molecule has 1 aliphatic heterocycles. The van der Waals surface area contributed by atoms with Gasteiger partial charge in [-0.1, -0.05) is 22.0 Å². The molecule has 0 saturated carbocycles. The highest BCUT2D eigenvalue weighted by atomic mass is 79.9. The lowest BCUT2D eigenvalue weighted by Crippen LogP contribution is -2.44. The smallest absolute Gasteiger partial charge is 0.258 e. The predicted molar refractivity (Wildman–Crippen MR) is 81.7 cm³/mol. The number of alkyl halides is 1. The van der Waals surface area contributed by atoms with Crippen molar-refractivity contribution in [3.05, 3.63) is 23.8 Å². The lowest BCUT2D eigenvalue weighted by molar-refractivity contribution is 0.0606. The SMILES string of the molecule is COc1cccc(C(=O)N2CCCCC2CCBr)c1O. The van der Waals surface area contributed by atoms with Crippen LogP contribution in [0.15, 0.2) is 18.2 Å². The summed E-state index contributed by atoms with van der Waals surface area (Å²) in [6, 6.07) is 5.29. The Labute approximate surface area is 127 Å². The summed E-state index contributed by atoms with van der Waals surface area (Å²) in [5.41, 5.74) is 0.325. The van der Waals surface area contributed by atoms with Crippen molar-refractivity contribution in [1.29, 1.82) is 0 Å². The van der Waals surface area contributed by atoms with E-state index in [2.05, 4.69) is 15.9 Å². The minimum Gasteiger partial charge on any atom is -0.504 e. The Bertz CT molecular complexity index is 476.